The number of quaternary nitrogens is 1. The number of epoxide rings is 1. The van der Waals surface area contributed by atoms with Crippen LogP contribution in [0.15, 0.2) is 11.6 Å². The molecule has 2 fully saturated rings. The van der Waals surface area contributed by atoms with Crippen LogP contribution in [-0.4, -0.2) is 111 Å². The summed E-state index contributed by atoms with van der Waals surface area (Å²) in [5, 5.41) is 15.0. The molecule has 0 aromatic rings. The molecule has 1 aliphatic heterocycles. The Morgan fingerprint density at radius 3 is 1.93 bits per heavy atom. The molecule has 8 atom stereocenters. The van der Waals surface area contributed by atoms with Crippen molar-refractivity contribution in [1.29, 1.82) is 0 Å². The van der Waals surface area contributed by atoms with Crippen LogP contribution in [0.5, 0.6) is 0 Å². The normalized spacial score (nSPS) is 23.7. The van der Waals surface area contributed by atoms with Crippen LogP contribution < -0.4 is 15.9 Å². The molecule has 0 bridgehead atoms. The highest BCUT2D eigenvalue weighted by atomic mass is 35.5. The Labute approximate surface area is 415 Å². The van der Waals surface area contributed by atoms with Crippen molar-refractivity contribution in [2.75, 3.05) is 52.4 Å². The Balaban J connectivity index is 1.58. The molecule has 1 heterocycles. The molecule has 15 nitrogen and oxygen atoms in total. The maximum atomic E-state index is 12.9. The zero-order valence-electron chi connectivity index (χ0n) is 42.9. The third-order valence-electron chi connectivity index (χ3n) is 13.3. The van der Waals surface area contributed by atoms with E-state index in [4.69, 9.17) is 44.3 Å². The third-order valence-corrected chi connectivity index (χ3v) is 14.7. The van der Waals surface area contributed by atoms with E-state index in [1.54, 1.807) is 7.11 Å². The first-order valence-corrected chi connectivity index (χ1v) is 28.4. The van der Waals surface area contributed by atoms with Crippen LogP contribution in [0.3, 0.4) is 0 Å². The van der Waals surface area contributed by atoms with E-state index in [0.717, 1.165) is 64.3 Å². The van der Waals surface area contributed by atoms with Gasteiger partial charge in [0.15, 0.2) is 6.10 Å². The lowest BCUT2D eigenvalue weighted by Crippen LogP contribution is -2.61. The number of hydrogen-bond donors (Lipinski definition) is 3. The van der Waals surface area contributed by atoms with Gasteiger partial charge in [0.2, 0.25) is 0 Å². The quantitative estimate of drug-likeness (QED) is 0.00988. The molecule has 0 spiro atoms. The molecule has 0 amide bonds. The van der Waals surface area contributed by atoms with E-state index in [-0.39, 0.29) is 57.0 Å². The number of methoxy groups -OCH3 is 1. The highest BCUT2D eigenvalue weighted by molar-refractivity contribution is 7.45. The standard InChI is InChI=1S/C51H94ClN2O13P/c1-6-7-8-9-10-11-12-13-14-15-16-17-20-23-27-45(55)62-38-42(39-64-68(59,60)63-37-34-53)65-46(56)28-24-21-18-19-22-25-35-54-36-26-29-47(57)66-43-32-33-51(58,40-52)49(48(43)61-5)50(4)44(67-50)31-30-41(2)3/h30,42-44,48-49,54,58H,6-29,31-40,53H2,1-5H3,(H,59,60)/t42-,43-,44?,48-,49-,50+,51+/m1/s1. The van der Waals surface area contributed by atoms with Crippen molar-refractivity contribution < 1.29 is 67.4 Å². The second-order valence-corrected chi connectivity index (χ2v) is 21.3. The fourth-order valence-corrected chi connectivity index (χ4v) is 10.3. The molecule has 0 aromatic heterocycles. The van der Waals surface area contributed by atoms with Gasteiger partial charge in [0.05, 0.1) is 36.7 Å². The maximum Gasteiger partial charge on any atom is 0.306 e. The molecular weight excluding hydrogens is 915 g/mol. The summed E-state index contributed by atoms with van der Waals surface area (Å²) < 4.78 is 50.7. The van der Waals surface area contributed by atoms with E-state index in [2.05, 4.69) is 24.1 Å². The number of carbonyl (C=O) groups is 3. The lowest BCUT2D eigenvalue weighted by Gasteiger charge is -2.48. The minimum Gasteiger partial charge on any atom is -0.756 e. The summed E-state index contributed by atoms with van der Waals surface area (Å²) >= 11 is 6.33. The van der Waals surface area contributed by atoms with Gasteiger partial charge in [-0.25, -0.2) is 0 Å². The summed E-state index contributed by atoms with van der Waals surface area (Å²) in [5.74, 6) is -1.63. The number of rotatable bonds is 43. The highest BCUT2D eigenvalue weighted by Gasteiger charge is 2.67. The molecule has 17 heteroatoms. The first-order valence-electron chi connectivity index (χ1n) is 26.4. The molecule has 68 heavy (non-hydrogen) atoms. The molecule has 5 N–H and O–H groups in total. The molecule has 0 aromatic carbocycles. The van der Waals surface area contributed by atoms with Crippen molar-refractivity contribution in [3.63, 3.8) is 0 Å². The number of allylic oxidation sites excluding steroid dienone is 1. The molecule has 2 aliphatic rings. The van der Waals surface area contributed by atoms with Crippen LogP contribution >= 0.6 is 19.4 Å². The minimum absolute atomic E-state index is 0.0428. The van der Waals surface area contributed by atoms with Gasteiger partial charge in [0.1, 0.15) is 31.0 Å². The fourth-order valence-electron chi connectivity index (χ4n) is 9.23. The number of ether oxygens (including phenoxy) is 5. The average molecular weight is 1010 g/mol. The molecule has 0 radical (unpaired) electrons. The Bertz CT molecular complexity index is 1460. The van der Waals surface area contributed by atoms with E-state index >= 15 is 0 Å². The van der Waals surface area contributed by atoms with Gasteiger partial charge in [-0.1, -0.05) is 128 Å². The van der Waals surface area contributed by atoms with Crippen LogP contribution in [0, 0.1) is 5.92 Å². The van der Waals surface area contributed by atoms with Gasteiger partial charge in [-0.2, -0.15) is 0 Å². The van der Waals surface area contributed by atoms with Gasteiger partial charge in [-0.3, -0.25) is 18.9 Å². The number of halogens is 1. The zero-order valence-corrected chi connectivity index (χ0v) is 44.5. The monoisotopic (exact) mass is 1010 g/mol. The number of alkyl halides is 1. The average Bonchev–Trinajstić information content (AvgIpc) is 3.98. The molecule has 1 aliphatic carbocycles. The summed E-state index contributed by atoms with van der Waals surface area (Å²) in [6, 6.07) is 0. The van der Waals surface area contributed by atoms with Gasteiger partial charge >= 0.3 is 17.9 Å². The molecular formula is C51H94ClN2O13P. The molecule has 2 unspecified atom stereocenters. The summed E-state index contributed by atoms with van der Waals surface area (Å²) in [4.78, 5) is 50.2. The van der Waals surface area contributed by atoms with E-state index < -0.39 is 61.8 Å². The van der Waals surface area contributed by atoms with Crippen molar-refractivity contribution in [1.82, 2.24) is 5.32 Å². The van der Waals surface area contributed by atoms with Crippen LogP contribution in [0.25, 0.3) is 0 Å². The summed E-state index contributed by atoms with van der Waals surface area (Å²) in [5.41, 5.74) is 2.92. The van der Waals surface area contributed by atoms with Gasteiger partial charge in [0, 0.05) is 26.4 Å². The van der Waals surface area contributed by atoms with E-state index in [0.29, 0.717) is 38.6 Å². The molecule has 1 saturated heterocycles. The van der Waals surface area contributed by atoms with Gasteiger partial charge in [0.25, 0.3) is 7.82 Å². The third kappa shape index (κ3) is 26.7. The minimum atomic E-state index is -4.64. The van der Waals surface area contributed by atoms with Crippen molar-refractivity contribution in [3.8, 4) is 0 Å². The number of phosphoric acid groups is 1. The first kappa shape index (κ1) is 62.5. The van der Waals surface area contributed by atoms with E-state index in [1.165, 1.54) is 69.8 Å². The first-order chi connectivity index (χ1) is 32.6. The van der Waals surface area contributed by atoms with Crippen LogP contribution in [0.2, 0.25) is 0 Å². The topological polar surface area (TPSA) is 219 Å². The number of carbonyl (C=O) groups excluding carboxylic acids is 3. The molecule has 398 valence electrons. The van der Waals surface area contributed by atoms with E-state index in [1.807, 2.05) is 20.8 Å². The van der Waals surface area contributed by atoms with Crippen LogP contribution in [0.4, 0.5) is 0 Å². The van der Waals surface area contributed by atoms with Gasteiger partial charge in [-0.15, -0.1) is 11.6 Å². The SMILES string of the molecule is CCCCCCCCCCCCCCCCC(=O)OC[C@H](COP(=O)([O-])OCC[NH3+])OC(=O)CCCCCCCCNCCCC(=O)O[C@@H]1CC[C@](O)(CCl)[C@@H]([C@@]2(C)OC2CC=C(C)C)[C@@H]1OC. The Hall–Kier alpha value is -1.65. The number of aliphatic hydroxyl groups is 1. The molecule has 1 saturated carbocycles. The van der Waals surface area contributed by atoms with Crippen molar-refractivity contribution in [2.24, 2.45) is 5.92 Å². The highest BCUT2D eigenvalue weighted by Crippen LogP contribution is 2.55. The summed E-state index contributed by atoms with van der Waals surface area (Å²) in [6.45, 7) is 9.11. The smallest absolute Gasteiger partial charge is 0.306 e. The lowest BCUT2D eigenvalue weighted by atomic mass is 9.66. The van der Waals surface area contributed by atoms with Crippen molar-refractivity contribution >= 4 is 37.3 Å². The Morgan fingerprint density at radius 1 is 0.824 bits per heavy atom. The summed E-state index contributed by atoms with van der Waals surface area (Å²) in [7, 11) is -3.06. The number of esters is 3. The van der Waals surface area contributed by atoms with Gasteiger partial charge < -0.3 is 53.8 Å². The largest absolute Gasteiger partial charge is 0.756 e. The number of phosphoric ester groups is 1. The van der Waals surface area contributed by atoms with Crippen LogP contribution in [-0.2, 0) is 51.7 Å². The van der Waals surface area contributed by atoms with Crippen molar-refractivity contribution in [2.45, 2.75) is 237 Å². The zero-order chi connectivity index (χ0) is 50.1. The second kappa shape index (κ2) is 36.3. The number of hydrogen-bond acceptors (Lipinski definition) is 14. The summed E-state index contributed by atoms with van der Waals surface area (Å²) in [6.07, 6.45) is 25.2. The predicted molar refractivity (Wildman–Crippen MR) is 264 cm³/mol. The fraction of sp³-hybridized carbons (Fsp3) is 0.902. The number of nitrogens with one attached hydrogen (secondary N) is 1. The maximum absolute atomic E-state index is 12.9. The molecule has 2 rings (SSSR count). The van der Waals surface area contributed by atoms with Crippen molar-refractivity contribution in [3.05, 3.63) is 11.6 Å². The Kier molecular flexibility index (Phi) is 33.3. The number of unbranched alkanes of at least 4 members (excludes halogenated alkanes) is 18. The van der Waals surface area contributed by atoms with Gasteiger partial charge in [-0.05, 0) is 78.8 Å². The van der Waals surface area contributed by atoms with Crippen LogP contribution in [0.1, 0.15) is 201 Å². The Morgan fingerprint density at radius 2 is 1.37 bits per heavy atom. The predicted octanol–water partition coefficient (Wildman–Crippen LogP) is 8.98. The second-order valence-electron chi connectivity index (χ2n) is 19.6. The van der Waals surface area contributed by atoms with E-state index in [9.17, 15) is 28.9 Å². The lowest BCUT2D eigenvalue weighted by molar-refractivity contribution is -0.373.